The van der Waals surface area contributed by atoms with E-state index in [2.05, 4.69) is 12.2 Å². The minimum absolute atomic E-state index is 0.00127. The first-order valence-electron chi connectivity index (χ1n) is 9.08. The van der Waals surface area contributed by atoms with Gasteiger partial charge in [-0.2, -0.15) is 0 Å². The van der Waals surface area contributed by atoms with Gasteiger partial charge in [0.2, 0.25) is 11.8 Å². The van der Waals surface area contributed by atoms with Crippen LogP contribution in [-0.4, -0.2) is 47.8 Å². The summed E-state index contributed by atoms with van der Waals surface area (Å²) in [5.74, 6) is 0.245. The molecule has 4 nitrogen and oxygen atoms in total. The number of hydrogen-bond acceptors (Lipinski definition) is 2. The average molecular weight is 344 g/mol. The molecule has 1 aliphatic heterocycles. The van der Waals surface area contributed by atoms with Crippen LogP contribution in [0.25, 0.3) is 0 Å². The summed E-state index contributed by atoms with van der Waals surface area (Å²) in [6.07, 6.45) is 8.00. The molecule has 3 rings (SSSR count). The summed E-state index contributed by atoms with van der Waals surface area (Å²) >= 11 is 0. The molecule has 0 N–H and O–H groups in total. The summed E-state index contributed by atoms with van der Waals surface area (Å²) < 4.78 is 13.3. The molecule has 134 valence electrons. The van der Waals surface area contributed by atoms with E-state index in [4.69, 9.17) is 0 Å². The van der Waals surface area contributed by atoms with Crippen LogP contribution in [0.15, 0.2) is 36.4 Å². The number of carbonyl (C=O) groups excluding carboxylic acids is 2. The third-order valence-corrected chi connectivity index (χ3v) is 4.99. The average Bonchev–Trinajstić information content (AvgIpc) is 2.95. The molecule has 1 aliphatic carbocycles. The van der Waals surface area contributed by atoms with E-state index < -0.39 is 0 Å². The smallest absolute Gasteiger partial charge is 0.227 e. The maximum absolute atomic E-state index is 13.3. The van der Waals surface area contributed by atoms with Crippen LogP contribution < -0.4 is 0 Å². The quantitative estimate of drug-likeness (QED) is 0.788. The predicted octanol–water partition coefficient (Wildman–Crippen LogP) is 2.79. The van der Waals surface area contributed by atoms with E-state index in [9.17, 15) is 14.0 Å². The van der Waals surface area contributed by atoms with Crippen molar-refractivity contribution < 1.29 is 14.0 Å². The summed E-state index contributed by atoms with van der Waals surface area (Å²) in [7, 11) is 0. The van der Waals surface area contributed by atoms with E-state index >= 15 is 0 Å². The van der Waals surface area contributed by atoms with Crippen molar-refractivity contribution in [2.24, 2.45) is 5.92 Å². The first-order valence-corrected chi connectivity index (χ1v) is 9.08. The van der Waals surface area contributed by atoms with Crippen molar-refractivity contribution in [1.29, 1.82) is 0 Å². The Kier molecular flexibility index (Phi) is 5.84. The summed E-state index contributed by atoms with van der Waals surface area (Å²) in [6, 6.07) is 6.17. The molecule has 0 unspecified atom stereocenters. The Labute approximate surface area is 148 Å². The molecule has 1 aromatic carbocycles. The van der Waals surface area contributed by atoms with Gasteiger partial charge < -0.3 is 9.80 Å². The Morgan fingerprint density at radius 1 is 1.08 bits per heavy atom. The molecule has 25 heavy (non-hydrogen) atoms. The molecule has 0 spiro atoms. The minimum atomic E-state index is -0.320. The van der Waals surface area contributed by atoms with E-state index in [-0.39, 0.29) is 24.1 Å². The van der Waals surface area contributed by atoms with E-state index in [0.29, 0.717) is 44.1 Å². The molecule has 0 aromatic heterocycles. The highest BCUT2D eigenvalue weighted by atomic mass is 19.1. The summed E-state index contributed by atoms with van der Waals surface area (Å²) in [5, 5.41) is 0. The van der Waals surface area contributed by atoms with Crippen molar-refractivity contribution in [2.45, 2.75) is 32.1 Å². The van der Waals surface area contributed by atoms with Crippen molar-refractivity contribution in [3.8, 4) is 0 Å². The van der Waals surface area contributed by atoms with Crippen LogP contribution >= 0.6 is 0 Å². The fourth-order valence-electron chi connectivity index (χ4n) is 3.57. The molecule has 1 atom stereocenters. The lowest BCUT2D eigenvalue weighted by Crippen LogP contribution is -2.38. The van der Waals surface area contributed by atoms with Gasteiger partial charge in [0.15, 0.2) is 0 Å². The molecule has 1 fully saturated rings. The second-order valence-electron chi connectivity index (χ2n) is 6.89. The topological polar surface area (TPSA) is 40.6 Å². The highest BCUT2D eigenvalue weighted by Crippen LogP contribution is 2.21. The van der Waals surface area contributed by atoms with Crippen LogP contribution in [0.4, 0.5) is 4.39 Å². The second kappa shape index (κ2) is 8.28. The lowest BCUT2D eigenvalue weighted by atomic mass is 10.0. The van der Waals surface area contributed by atoms with Crippen LogP contribution in [0.3, 0.4) is 0 Å². The Balaban J connectivity index is 1.51. The van der Waals surface area contributed by atoms with Gasteiger partial charge in [0.25, 0.3) is 0 Å². The number of carbonyl (C=O) groups is 2. The molecular weight excluding hydrogens is 319 g/mol. The molecule has 2 aliphatic rings. The van der Waals surface area contributed by atoms with Gasteiger partial charge in [-0.3, -0.25) is 9.59 Å². The minimum Gasteiger partial charge on any atom is -0.341 e. The largest absolute Gasteiger partial charge is 0.341 e. The molecule has 5 heteroatoms. The van der Waals surface area contributed by atoms with E-state index in [1.54, 1.807) is 17.0 Å². The highest BCUT2D eigenvalue weighted by Gasteiger charge is 2.24. The molecule has 2 amide bonds. The normalized spacial score (nSPS) is 20.6. The summed E-state index contributed by atoms with van der Waals surface area (Å²) in [4.78, 5) is 28.6. The molecule has 0 saturated carbocycles. The zero-order valence-electron chi connectivity index (χ0n) is 14.5. The van der Waals surface area contributed by atoms with E-state index in [0.717, 1.165) is 19.3 Å². The van der Waals surface area contributed by atoms with Gasteiger partial charge in [0, 0.05) is 32.6 Å². The highest BCUT2D eigenvalue weighted by molar-refractivity contribution is 5.79. The maximum Gasteiger partial charge on any atom is 0.227 e. The van der Waals surface area contributed by atoms with E-state index in [1.807, 2.05) is 4.90 Å². The SMILES string of the molecule is O=C(Cc1cccc(F)c1)N1CCCN(C(=O)C[C@@H]2C=CCC2)CC1. The first kappa shape index (κ1) is 17.6. The van der Waals surface area contributed by atoms with Gasteiger partial charge in [0.1, 0.15) is 5.82 Å². The van der Waals surface area contributed by atoms with Gasteiger partial charge in [-0.1, -0.05) is 24.3 Å². The van der Waals surface area contributed by atoms with Gasteiger partial charge in [-0.25, -0.2) is 4.39 Å². The van der Waals surface area contributed by atoms with Crippen molar-refractivity contribution in [3.05, 3.63) is 47.8 Å². The van der Waals surface area contributed by atoms with Gasteiger partial charge in [0.05, 0.1) is 6.42 Å². The molecule has 1 saturated heterocycles. The zero-order chi connectivity index (χ0) is 17.6. The van der Waals surface area contributed by atoms with Gasteiger partial charge in [-0.05, 0) is 42.9 Å². The van der Waals surface area contributed by atoms with Gasteiger partial charge >= 0.3 is 0 Å². The van der Waals surface area contributed by atoms with Crippen molar-refractivity contribution in [3.63, 3.8) is 0 Å². The molecule has 0 bridgehead atoms. The zero-order valence-corrected chi connectivity index (χ0v) is 14.5. The second-order valence-corrected chi connectivity index (χ2v) is 6.89. The Hall–Kier alpha value is -2.17. The van der Waals surface area contributed by atoms with Crippen molar-refractivity contribution in [1.82, 2.24) is 9.80 Å². The van der Waals surface area contributed by atoms with Crippen LogP contribution in [0.1, 0.15) is 31.2 Å². The number of halogens is 1. The van der Waals surface area contributed by atoms with Crippen molar-refractivity contribution >= 4 is 11.8 Å². The third kappa shape index (κ3) is 4.91. The number of nitrogens with zero attached hydrogens (tertiary/aromatic N) is 2. The fraction of sp³-hybridized carbons (Fsp3) is 0.500. The molecule has 0 radical (unpaired) electrons. The number of rotatable bonds is 4. The first-order chi connectivity index (χ1) is 12.1. The Morgan fingerprint density at radius 2 is 1.84 bits per heavy atom. The third-order valence-electron chi connectivity index (χ3n) is 4.99. The number of amides is 2. The summed E-state index contributed by atoms with van der Waals surface area (Å²) in [5.41, 5.74) is 0.690. The lowest BCUT2D eigenvalue weighted by Gasteiger charge is -2.23. The number of benzene rings is 1. The maximum atomic E-state index is 13.3. The van der Waals surface area contributed by atoms with Crippen molar-refractivity contribution in [2.75, 3.05) is 26.2 Å². The van der Waals surface area contributed by atoms with Crippen LogP contribution in [0.5, 0.6) is 0 Å². The van der Waals surface area contributed by atoms with Crippen LogP contribution in [0.2, 0.25) is 0 Å². The van der Waals surface area contributed by atoms with Crippen LogP contribution in [0, 0.1) is 11.7 Å². The molecular formula is C20H25FN2O2. The monoisotopic (exact) mass is 344 g/mol. The van der Waals surface area contributed by atoms with Gasteiger partial charge in [-0.15, -0.1) is 0 Å². The lowest BCUT2D eigenvalue weighted by molar-refractivity contribution is -0.133. The Bertz CT molecular complexity index is 659. The van der Waals surface area contributed by atoms with Crippen LogP contribution in [-0.2, 0) is 16.0 Å². The standard InChI is InChI=1S/C20H25FN2O2/c21-18-8-3-7-17(13-18)15-20(25)23-10-4-9-22(11-12-23)19(24)14-16-5-1-2-6-16/h1,3,5,7-8,13,16H,2,4,6,9-12,14-15H2/t16-/m1/s1. The molecule has 1 heterocycles. The van der Waals surface area contributed by atoms with E-state index in [1.165, 1.54) is 12.1 Å². The molecule has 1 aromatic rings. The Morgan fingerprint density at radius 3 is 2.52 bits per heavy atom. The number of hydrogen-bond donors (Lipinski definition) is 0. The summed E-state index contributed by atoms with van der Waals surface area (Å²) in [6.45, 7) is 2.50. The fourth-order valence-corrected chi connectivity index (χ4v) is 3.57. The predicted molar refractivity (Wildman–Crippen MR) is 94.4 cm³/mol. The number of allylic oxidation sites excluding steroid dienone is 2.